The summed E-state index contributed by atoms with van der Waals surface area (Å²) in [5.74, 6) is 4.52. The van der Waals surface area contributed by atoms with Crippen LogP contribution in [0.15, 0.2) is 127 Å². The highest BCUT2D eigenvalue weighted by atomic mass is 16.4. The summed E-state index contributed by atoms with van der Waals surface area (Å²) in [6.07, 6.45) is 5.82. The zero-order valence-corrected chi connectivity index (χ0v) is 29.5. The number of Topliss-reactive ketones (excluding diaryl/α,β-unsaturated/α-hetero) is 2. The third-order valence-electron chi connectivity index (χ3n) is 9.58. The molecule has 8 heteroatoms. The van der Waals surface area contributed by atoms with Crippen LogP contribution in [0.4, 0.5) is 0 Å². The summed E-state index contributed by atoms with van der Waals surface area (Å²) in [7, 11) is 0. The highest BCUT2D eigenvalue weighted by Gasteiger charge is 2.22. The molecule has 53 heavy (non-hydrogen) atoms. The van der Waals surface area contributed by atoms with Gasteiger partial charge in [0.1, 0.15) is 63.0 Å². The summed E-state index contributed by atoms with van der Waals surface area (Å²) >= 11 is 0. The van der Waals surface area contributed by atoms with Gasteiger partial charge in [0.2, 0.25) is 0 Å². The molecule has 8 rings (SSSR count). The van der Waals surface area contributed by atoms with Crippen LogP contribution in [0, 0.1) is 6.92 Å². The molecule has 5 aromatic heterocycles. The molecule has 0 aliphatic carbocycles. The van der Waals surface area contributed by atoms with Gasteiger partial charge >= 0.3 is 0 Å². The van der Waals surface area contributed by atoms with Crippen LogP contribution in [0.2, 0.25) is 0 Å². The minimum Gasteiger partial charge on any atom is -0.508 e. The van der Waals surface area contributed by atoms with E-state index >= 15 is 0 Å². The van der Waals surface area contributed by atoms with Crippen LogP contribution in [0.5, 0.6) is 5.75 Å². The van der Waals surface area contributed by atoms with Gasteiger partial charge in [-0.3, -0.25) is 9.78 Å². The summed E-state index contributed by atoms with van der Waals surface area (Å²) in [5.41, 5.74) is 6.86. The molecule has 0 amide bonds. The number of phenolic OH excluding ortho intramolecular Hbond substituents is 1. The third kappa shape index (κ3) is 7.08. The van der Waals surface area contributed by atoms with E-state index < -0.39 is 0 Å². The van der Waals surface area contributed by atoms with Crippen LogP contribution in [0.3, 0.4) is 0 Å². The Morgan fingerprint density at radius 1 is 0.623 bits per heavy atom. The van der Waals surface area contributed by atoms with Crippen LogP contribution in [0.1, 0.15) is 49.2 Å². The Morgan fingerprint density at radius 3 is 1.89 bits per heavy atom. The minimum atomic E-state index is 0.0685. The Bertz CT molecular complexity index is 2600. The Morgan fingerprint density at radius 2 is 1.25 bits per heavy atom. The van der Waals surface area contributed by atoms with Gasteiger partial charge in [-0.1, -0.05) is 30.3 Å². The first-order chi connectivity index (χ1) is 25.8. The predicted octanol–water partition coefficient (Wildman–Crippen LogP) is 11.1. The number of aromatic hydroxyl groups is 1. The zero-order chi connectivity index (χ0) is 36.5. The van der Waals surface area contributed by atoms with Crippen molar-refractivity contribution < 1.29 is 32.4 Å². The Hall–Kier alpha value is -6.41. The Labute approximate surface area is 305 Å². The van der Waals surface area contributed by atoms with Gasteiger partial charge in [-0.15, -0.1) is 0 Å². The molecule has 0 saturated carbocycles. The van der Waals surface area contributed by atoms with Crippen molar-refractivity contribution in [3.05, 3.63) is 132 Å². The van der Waals surface area contributed by atoms with E-state index in [2.05, 4.69) is 11.1 Å². The number of hydrogen-bond acceptors (Lipinski definition) is 8. The number of aryl methyl sites for hydroxylation is 4. The molecule has 8 nitrogen and oxygen atoms in total. The summed E-state index contributed by atoms with van der Waals surface area (Å²) in [6.45, 7) is 3.48. The lowest BCUT2D eigenvalue weighted by Crippen LogP contribution is -2.02. The molecule has 0 fully saturated rings. The number of nitrogens with zero attached hydrogens (tertiary/aromatic N) is 1. The van der Waals surface area contributed by atoms with Crippen molar-refractivity contribution in [3.8, 4) is 50.7 Å². The maximum atomic E-state index is 13.3. The largest absolute Gasteiger partial charge is 0.508 e. The van der Waals surface area contributed by atoms with Crippen LogP contribution < -0.4 is 0 Å². The third-order valence-corrected chi connectivity index (χ3v) is 9.58. The van der Waals surface area contributed by atoms with Crippen LogP contribution in [-0.4, -0.2) is 21.7 Å². The second kappa shape index (κ2) is 14.3. The lowest BCUT2D eigenvalue weighted by molar-refractivity contribution is -0.119. The van der Waals surface area contributed by atoms with E-state index in [-0.39, 0.29) is 17.3 Å². The first-order valence-electron chi connectivity index (χ1n) is 17.8. The smallest absolute Gasteiger partial charge is 0.138 e. The lowest BCUT2D eigenvalue weighted by Gasteiger charge is -2.04. The molecule has 0 aliphatic rings. The molecular weight excluding hydrogens is 666 g/mol. The monoisotopic (exact) mass is 703 g/mol. The van der Waals surface area contributed by atoms with E-state index in [4.69, 9.17) is 17.7 Å². The van der Waals surface area contributed by atoms with Crippen molar-refractivity contribution in [2.24, 2.45) is 0 Å². The van der Waals surface area contributed by atoms with Crippen molar-refractivity contribution in [1.82, 2.24) is 4.98 Å². The number of hydrogen-bond donors (Lipinski definition) is 1. The molecule has 264 valence electrons. The number of benzene rings is 3. The average Bonchev–Trinajstić information content (AvgIpc) is 3.96. The summed E-state index contributed by atoms with van der Waals surface area (Å²) in [6, 6.07) is 30.6. The van der Waals surface area contributed by atoms with Gasteiger partial charge in [-0.05, 0) is 97.3 Å². The molecule has 0 spiro atoms. The molecule has 0 bridgehead atoms. The Kier molecular flexibility index (Phi) is 9.10. The molecule has 0 saturated heterocycles. The van der Waals surface area contributed by atoms with E-state index in [1.807, 2.05) is 85.9 Å². The van der Waals surface area contributed by atoms with Gasteiger partial charge in [0.05, 0.1) is 11.1 Å². The topological polar surface area (TPSA) is 120 Å². The molecule has 0 unspecified atom stereocenters. The zero-order valence-electron chi connectivity index (χ0n) is 29.5. The number of furan rings is 4. The molecule has 5 heterocycles. The van der Waals surface area contributed by atoms with Crippen molar-refractivity contribution in [2.75, 3.05) is 0 Å². The number of ketones is 2. The SMILES string of the molecule is CC(=O)CCc1oc2ccc(-c3cccc(O)c3)cc2c1-c1ccc(CCC(=O)CCc2oc3ccc(-c4cccnc4)cc3c2-c2ccc(C)o2)o1. The van der Waals surface area contributed by atoms with Crippen molar-refractivity contribution in [3.63, 3.8) is 0 Å². The summed E-state index contributed by atoms with van der Waals surface area (Å²) in [5, 5.41) is 11.8. The number of phenols is 1. The van der Waals surface area contributed by atoms with Gasteiger partial charge in [-0.25, -0.2) is 0 Å². The predicted molar refractivity (Wildman–Crippen MR) is 204 cm³/mol. The number of pyridine rings is 1. The minimum absolute atomic E-state index is 0.0685. The van der Waals surface area contributed by atoms with E-state index in [9.17, 15) is 14.7 Å². The van der Waals surface area contributed by atoms with Crippen molar-refractivity contribution in [2.45, 2.75) is 52.4 Å². The van der Waals surface area contributed by atoms with Crippen LogP contribution in [-0.2, 0) is 28.9 Å². The number of fused-ring (bicyclic) bond motifs is 2. The van der Waals surface area contributed by atoms with Gasteiger partial charge in [-0.2, -0.15) is 0 Å². The highest BCUT2D eigenvalue weighted by molar-refractivity contribution is 5.98. The first-order valence-corrected chi connectivity index (χ1v) is 17.8. The fourth-order valence-corrected chi connectivity index (χ4v) is 6.91. The molecule has 0 aliphatic heterocycles. The molecule has 3 aromatic carbocycles. The maximum Gasteiger partial charge on any atom is 0.138 e. The van der Waals surface area contributed by atoms with Crippen molar-refractivity contribution >= 4 is 33.5 Å². The quantitative estimate of drug-likeness (QED) is 0.126. The lowest BCUT2D eigenvalue weighted by atomic mass is 10.00. The fourth-order valence-electron chi connectivity index (χ4n) is 6.91. The van der Waals surface area contributed by atoms with Crippen LogP contribution in [0.25, 0.3) is 66.8 Å². The standard InChI is InChI=1S/C45H37NO7/c1-27(47)8-16-42-45(36-24-30(10-18-38(36)52-42)29-5-3-7-34(49)23-29)41-21-15-35(51-41)14-12-33(48)13-20-43-44(40-17-9-28(2)50-40)37-25-31(11-19-39(37)53-43)32-6-4-22-46-26-32/h3-7,9-11,15,17-19,21-26,49H,8,12-14,16,20H2,1-2H3. The van der Waals surface area contributed by atoms with Gasteiger partial charge in [0, 0.05) is 67.3 Å². The second-order valence-electron chi connectivity index (χ2n) is 13.4. The fraction of sp³-hybridized carbons (Fsp3) is 0.178. The molecule has 1 N–H and O–H groups in total. The van der Waals surface area contributed by atoms with E-state index in [0.29, 0.717) is 72.9 Å². The van der Waals surface area contributed by atoms with E-state index in [1.165, 1.54) is 0 Å². The summed E-state index contributed by atoms with van der Waals surface area (Å²) in [4.78, 5) is 29.5. The normalized spacial score (nSPS) is 11.5. The number of carbonyl (C=O) groups is 2. The molecular formula is C45H37NO7. The maximum absolute atomic E-state index is 13.3. The van der Waals surface area contributed by atoms with Gasteiger partial charge in [0.15, 0.2) is 0 Å². The number of aromatic nitrogens is 1. The highest BCUT2D eigenvalue weighted by Crippen LogP contribution is 2.40. The van der Waals surface area contributed by atoms with E-state index in [1.54, 1.807) is 31.3 Å². The molecule has 8 aromatic rings. The number of rotatable bonds is 13. The Balaban J connectivity index is 1.01. The van der Waals surface area contributed by atoms with Gasteiger partial charge in [0.25, 0.3) is 0 Å². The second-order valence-corrected chi connectivity index (χ2v) is 13.4. The van der Waals surface area contributed by atoms with Crippen molar-refractivity contribution in [1.29, 1.82) is 0 Å². The first kappa shape index (κ1) is 33.7. The van der Waals surface area contributed by atoms with Gasteiger partial charge < -0.3 is 27.6 Å². The summed E-state index contributed by atoms with van der Waals surface area (Å²) < 4.78 is 25.0. The molecule has 0 atom stereocenters. The van der Waals surface area contributed by atoms with E-state index in [0.717, 1.165) is 55.5 Å². The molecule has 0 radical (unpaired) electrons. The van der Waals surface area contributed by atoms with Crippen LogP contribution >= 0.6 is 0 Å². The number of carbonyl (C=O) groups excluding carboxylic acids is 2. The average molecular weight is 704 g/mol.